The maximum absolute atomic E-state index is 12.2. The van der Waals surface area contributed by atoms with E-state index in [1.54, 1.807) is 6.92 Å². The molecule has 2 aromatic carbocycles. The zero-order valence-corrected chi connectivity index (χ0v) is 17.2. The van der Waals surface area contributed by atoms with Gasteiger partial charge in [0.05, 0.1) is 0 Å². The lowest BCUT2D eigenvalue weighted by molar-refractivity contribution is -0.127. The average molecular weight is 369 g/mol. The van der Waals surface area contributed by atoms with Gasteiger partial charge in [0, 0.05) is 25.8 Å². The molecule has 1 atom stereocenters. The summed E-state index contributed by atoms with van der Waals surface area (Å²) in [6.45, 7) is 9.82. The fourth-order valence-corrected chi connectivity index (χ4v) is 2.77. The Kier molecular flexibility index (Phi) is 7.28. The topological polar surface area (TPSA) is 41.6 Å². The Balaban J connectivity index is 1.72. The molecule has 0 spiro atoms. The summed E-state index contributed by atoms with van der Waals surface area (Å²) in [7, 11) is 2.06. The second-order valence-electron chi connectivity index (χ2n) is 7.94. The molecule has 4 nitrogen and oxygen atoms in total. The number of nitrogens with zero attached hydrogens (tertiary/aromatic N) is 1. The van der Waals surface area contributed by atoms with E-state index in [1.807, 2.05) is 30.3 Å². The number of carbonyl (C=O) groups excluding carboxylic acids is 1. The first-order valence-corrected chi connectivity index (χ1v) is 9.58. The lowest BCUT2D eigenvalue weighted by atomic mass is 9.87. The quantitative estimate of drug-likeness (QED) is 0.703. The zero-order valence-electron chi connectivity index (χ0n) is 17.2. The van der Waals surface area contributed by atoms with Crippen LogP contribution in [-0.2, 0) is 10.2 Å². The van der Waals surface area contributed by atoms with E-state index in [9.17, 15) is 4.79 Å². The van der Waals surface area contributed by atoms with Crippen molar-refractivity contribution in [3.63, 3.8) is 0 Å². The van der Waals surface area contributed by atoms with E-state index in [4.69, 9.17) is 4.74 Å². The van der Waals surface area contributed by atoms with Crippen molar-refractivity contribution in [2.45, 2.75) is 45.6 Å². The van der Waals surface area contributed by atoms with E-state index in [2.05, 4.69) is 62.3 Å². The van der Waals surface area contributed by atoms with Crippen LogP contribution < -0.4 is 15.0 Å². The van der Waals surface area contributed by atoms with Crippen LogP contribution in [0, 0.1) is 0 Å². The Hall–Kier alpha value is -2.49. The third-order valence-corrected chi connectivity index (χ3v) is 4.57. The van der Waals surface area contributed by atoms with E-state index < -0.39 is 6.10 Å². The maximum Gasteiger partial charge on any atom is 0.260 e. The number of para-hydroxylation sites is 1. The van der Waals surface area contributed by atoms with E-state index in [-0.39, 0.29) is 11.3 Å². The highest BCUT2D eigenvalue weighted by Gasteiger charge is 2.16. The minimum absolute atomic E-state index is 0.0859. The van der Waals surface area contributed by atoms with Gasteiger partial charge in [0.25, 0.3) is 5.91 Å². The summed E-state index contributed by atoms with van der Waals surface area (Å²) in [6.07, 6.45) is 0.363. The number of hydrogen-bond donors (Lipinski definition) is 1. The van der Waals surface area contributed by atoms with Gasteiger partial charge in [-0.2, -0.15) is 0 Å². The van der Waals surface area contributed by atoms with Crippen molar-refractivity contribution < 1.29 is 9.53 Å². The molecular weight excluding hydrogens is 336 g/mol. The second-order valence-corrected chi connectivity index (χ2v) is 7.94. The van der Waals surface area contributed by atoms with Gasteiger partial charge in [-0.15, -0.1) is 0 Å². The highest BCUT2D eigenvalue weighted by Crippen LogP contribution is 2.24. The molecule has 0 aliphatic heterocycles. The summed E-state index contributed by atoms with van der Waals surface area (Å²) in [5.74, 6) is 0.631. The fourth-order valence-electron chi connectivity index (χ4n) is 2.77. The van der Waals surface area contributed by atoms with Gasteiger partial charge in [-0.25, -0.2) is 0 Å². The van der Waals surface area contributed by atoms with E-state index in [1.165, 1.54) is 11.3 Å². The minimum atomic E-state index is -0.516. The minimum Gasteiger partial charge on any atom is -0.481 e. The van der Waals surface area contributed by atoms with Gasteiger partial charge >= 0.3 is 0 Å². The molecule has 0 aromatic heterocycles. The number of hydrogen-bond acceptors (Lipinski definition) is 3. The lowest BCUT2D eigenvalue weighted by Gasteiger charge is -2.21. The number of ether oxygens (including phenoxy) is 1. The summed E-state index contributed by atoms with van der Waals surface area (Å²) >= 11 is 0. The lowest BCUT2D eigenvalue weighted by Crippen LogP contribution is -2.37. The van der Waals surface area contributed by atoms with Gasteiger partial charge in [0.15, 0.2) is 6.10 Å². The number of carbonyl (C=O) groups is 1. The Morgan fingerprint density at radius 1 is 1.07 bits per heavy atom. The van der Waals surface area contributed by atoms with Crippen molar-refractivity contribution in [2.75, 3.05) is 25.0 Å². The first kappa shape index (κ1) is 20.8. The molecule has 0 radical (unpaired) electrons. The molecule has 0 aliphatic carbocycles. The molecule has 0 unspecified atom stereocenters. The summed E-state index contributed by atoms with van der Waals surface area (Å²) in [4.78, 5) is 14.4. The van der Waals surface area contributed by atoms with Crippen molar-refractivity contribution >= 4 is 11.6 Å². The monoisotopic (exact) mass is 368 g/mol. The molecular formula is C23H32N2O2. The van der Waals surface area contributed by atoms with Gasteiger partial charge in [-0.3, -0.25) is 4.79 Å². The molecule has 2 rings (SSSR count). The molecule has 0 saturated heterocycles. The molecule has 27 heavy (non-hydrogen) atoms. The van der Waals surface area contributed by atoms with Crippen LogP contribution in [0.25, 0.3) is 0 Å². The predicted octanol–water partition coefficient (Wildman–Crippen LogP) is 4.39. The smallest absolute Gasteiger partial charge is 0.260 e. The Morgan fingerprint density at radius 3 is 2.30 bits per heavy atom. The molecule has 0 bridgehead atoms. The number of amides is 1. The molecule has 4 heteroatoms. The molecule has 1 amide bonds. The van der Waals surface area contributed by atoms with Crippen LogP contribution in [0.3, 0.4) is 0 Å². The second kappa shape index (κ2) is 9.45. The molecule has 0 saturated carbocycles. The van der Waals surface area contributed by atoms with Crippen LogP contribution in [-0.4, -0.2) is 32.1 Å². The number of anilines is 1. The zero-order chi connectivity index (χ0) is 19.9. The first-order chi connectivity index (χ1) is 12.8. The van der Waals surface area contributed by atoms with Crippen LogP contribution in [0.2, 0.25) is 0 Å². The Morgan fingerprint density at radius 2 is 1.70 bits per heavy atom. The standard InChI is InChI=1S/C23H32N2O2/c1-18(27-21-14-12-19(13-15-21)23(2,3)4)22(26)24-16-9-17-25(5)20-10-7-6-8-11-20/h6-8,10-15,18H,9,16-17H2,1-5H3,(H,24,26)/t18-/m1/s1. The average Bonchev–Trinajstić information content (AvgIpc) is 2.65. The van der Waals surface area contributed by atoms with Crippen molar-refractivity contribution in [1.82, 2.24) is 5.32 Å². The third-order valence-electron chi connectivity index (χ3n) is 4.57. The molecule has 0 heterocycles. The van der Waals surface area contributed by atoms with E-state index in [0.717, 1.165) is 18.7 Å². The van der Waals surface area contributed by atoms with Crippen molar-refractivity contribution in [3.8, 4) is 5.75 Å². The molecule has 2 aromatic rings. The SMILES string of the molecule is C[C@@H](Oc1ccc(C(C)(C)C)cc1)C(=O)NCCCN(C)c1ccccc1. The van der Waals surface area contributed by atoms with Crippen LogP contribution in [0.1, 0.15) is 39.7 Å². The highest BCUT2D eigenvalue weighted by atomic mass is 16.5. The largest absolute Gasteiger partial charge is 0.481 e. The highest BCUT2D eigenvalue weighted by molar-refractivity contribution is 5.80. The van der Waals surface area contributed by atoms with Gasteiger partial charge in [-0.1, -0.05) is 51.1 Å². The third kappa shape index (κ3) is 6.63. The van der Waals surface area contributed by atoms with Crippen molar-refractivity contribution in [2.24, 2.45) is 0 Å². The molecule has 0 aliphatic rings. The van der Waals surface area contributed by atoms with E-state index in [0.29, 0.717) is 6.54 Å². The molecule has 146 valence electrons. The number of nitrogens with one attached hydrogen (secondary N) is 1. The predicted molar refractivity (Wildman–Crippen MR) is 113 cm³/mol. The number of rotatable bonds is 8. The summed E-state index contributed by atoms with van der Waals surface area (Å²) in [5, 5.41) is 2.95. The first-order valence-electron chi connectivity index (χ1n) is 9.58. The van der Waals surface area contributed by atoms with Crippen LogP contribution in [0.5, 0.6) is 5.75 Å². The van der Waals surface area contributed by atoms with E-state index >= 15 is 0 Å². The maximum atomic E-state index is 12.2. The van der Waals surface area contributed by atoms with Crippen molar-refractivity contribution in [1.29, 1.82) is 0 Å². The number of benzene rings is 2. The van der Waals surface area contributed by atoms with Gasteiger partial charge in [0.2, 0.25) is 0 Å². The molecule has 0 fully saturated rings. The summed E-state index contributed by atoms with van der Waals surface area (Å²) in [5.41, 5.74) is 2.53. The normalized spacial score (nSPS) is 12.3. The van der Waals surface area contributed by atoms with Crippen LogP contribution >= 0.6 is 0 Å². The van der Waals surface area contributed by atoms with Gasteiger partial charge in [-0.05, 0) is 48.6 Å². The summed E-state index contributed by atoms with van der Waals surface area (Å²) < 4.78 is 5.77. The van der Waals surface area contributed by atoms with Crippen LogP contribution in [0.15, 0.2) is 54.6 Å². The molecule has 1 N–H and O–H groups in total. The van der Waals surface area contributed by atoms with Crippen molar-refractivity contribution in [3.05, 3.63) is 60.2 Å². The fraction of sp³-hybridized carbons (Fsp3) is 0.435. The van der Waals surface area contributed by atoms with Gasteiger partial charge < -0.3 is 15.0 Å². The Bertz CT molecular complexity index is 705. The van der Waals surface area contributed by atoms with Gasteiger partial charge in [0.1, 0.15) is 5.75 Å². The van der Waals surface area contributed by atoms with Crippen LogP contribution in [0.4, 0.5) is 5.69 Å². The summed E-state index contributed by atoms with van der Waals surface area (Å²) in [6, 6.07) is 18.2. The Labute approximate surface area is 163 Å².